The number of rotatable bonds is 10. The lowest BCUT2D eigenvalue weighted by atomic mass is 9.84. The van der Waals surface area contributed by atoms with Crippen molar-refractivity contribution in [2.24, 2.45) is 5.92 Å². The minimum absolute atomic E-state index is 0.0363. The van der Waals surface area contributed by atoms with Gasteiger partial charge in [-0.05, 0) is 46.1 Å². The summed E-state index contributed by atoms with van der Waals surface area (Å²) in [7, 11) is -3.48. The molecule has 0 unspecified atom stereocenters. The SMILES string of the molecule is CC[C@H](C)Nc1cc(Nc2ccnc(-c3cnn(S(=O)(=O)C4CC4)c3)n2)ncc1C(=O)N1CC(C(C)(C)O)C1. The quantitative estimate of drug-likeness (QED) is 0.341. The van der Waals surface area contributed by atoms with Crippen molar-refractivity contribution >= 4 is 33.3 Å². The van der Waals surface area contributed by atoms with Gasteiger partial charge in [-0.1, -0.05) is 6.92 Å². The fourth-order valence-electron chi connectivity index (χ4n) is 4.22. The third-order valence-corrected chi connectivity index (χ3v) is 9.29. The molecule has 2 aliphatic rings. The first-order valence-electron chi connectivity index (χ1n) is 13.1. The number of nitrogens with zero attached hydrogens (tertiary/aromatic N) is 6. The number of anilines is 3. The van der Waals surface area contributed by atoms with Crippen molar-refractivity contribution in [3.05, 3.63) is 42.5 Å². The summed E-state index contributed by atoms with van der Waals surface area (Å²) in [5.41, 5.74) is 0.762. The monoisotopic (exact) mass is 554 g/mol. The average Bonchev–Trinajstić information content (AvgIpc) is 3.59. The molecule has 1 saturated heterocycles. The van der Waals surface area contributed by atoms with Gasteiger partial charge in [0.2, 0.25) is 0 Å². The molecular formula is C26H34N8O4S. The second-order valence-corrected chi connectivity index (χ2v) is 12.9. The number of hydrogen-bond donors (Lipinski definition) is 3. The summed E-state index contributed by atoms with van der Waals surface area (Å²) in [5.74, 6) is 1.15. The van der Waals surface area contributed by atoms with Crippen molar-refractivity contribution < 1.29 is 18.3 Å². The maximum absolute atomic E-state index is 13.3. The van der Waals surface area contributed by atoms with Crippen LogP contribution < -0.4 is 10.6 Å². The van der Waals surface area contributed by atoms with E-state index in [4.69, 9.17) is 0 Å². The van der Waals surface area contributed by atoms with Gasteiger partial charge in [-0.15, -0.1) is 0 Å². The largest absolute Gasteiger partial charge is 0.390 e. The van der Waals surface area contributed by atoms with Crippen molar-refractivity contribution in [3.8, 4) is 11.4 Å². The van der Waals surface area contributed by atoms with Crippen LogP contribution in [0.4, 0.5) is 17.3 Å². The van der Waals surface area contributed by atoms with Crippen LogP contribution in [0, 0.1) is 5.92 Å². The van der Waals surface area contributed by atoms with E-state index in [1.54, 1.807) is 43.3 Å². The molecule has 1 aliphatic carbocycles. The topological polar surface area (TPSA) is 155 Å². The Morgan fingerprint density at radius 2 is 1.95 bits per heavy atom. The predicted octanol–water partition coefficient (Wildman–Crippen LogP) is 2.87. The molecule has 1 atom stereocenters. The Morgan fingerprint density at radius 1 is 1.21 bits per heavy atom. The molecule has 4 heterocycles. The first kappa shape index (κ1) is 27.0. The van der Waals surface area contributed by atoms with E-state index in [-0.39, 0.29) is 23.1 Å². The zero-order chi connectivity index (χ0) is 27.9. The lowest BCUT2D eigenvalue weighted by Gasteiger charge is -2.45. The molecule has 1 amide bonds. The van der Waals surface area contributed by atoms with Crippen LogP contribution in [0.3, 0.4) is 0 Å². The van der Waals surface area contributed by atoms with Crippen LogP contribution in [0.2, 0.25) is 0 Å². The van der Waals surface area contributed by atoms with Crippen LogP contribution in [-0.4, -0.2) is 78.5 Å². The molecule has 0 radical (unpaired) electrons. The molecule has 2 fully saturated rings. The van der Waals surface area contributed by atoms with E-state index in [2.05, 4.69) is 37.6 Å². The Hall–Kier alpha value is -3.58. The van der Waals surface area contributed by atoms with E-state index in [1.165, 1.54) is 12.4 Å². The van der Waals surface area contributed by atoms with Gasteiger partial charge in [0.05, 0.1) is 40.1 Å². The summed E-state index contributed by atoms with van der Waals surface area (Å²) in [5, 5.41) is 20.4. The van der Waals surface area contributed by atoms with Crippen molar-refractivity contribution in [2.75, 3.05) is 23.7 Å². The van der Waals surface area contributed by atoms with Gasteiger partial charge < -0.3 is 20.6 Å². The van der Waals surface area contributed by atoms with Crippen molar-refractivity contribution in [3.63, 3.8) is 0 Å². The number of likely N-dealkylation sites (tertiary alicyclic amines) is 1. The van der Waals surface area contributed by atoms with E-state index < -0.39 is 15.6 Å². The van der Waals surface area contributed by atoms with Gasteiger partial charge >= 0.3 is 0 Å². The molecule has 0 aromatic carbocycles. The average molecular weight is 555 g/mol. The fourth-order valence-corrected chi connectivity index (χ4v) is 5.70. The van der Waals surface area contributed by atoms with Crippen LogP contribution in [0.15, 0.2) is 36.9 Å². The number of aromatic nitrogens is 5. The molecule has 0 spiro atoms. The highest BCUT2D eigenvalue weighted by molar-refractivity contribution is 7.90. The van der Waals surface area contributed by atoms with Gasteiger partial charge in [-0.3, -0.25) is 4.79 Å². The maximum atomic E-state index is 13.3. The summed E-state index contributed by atoms with van der Waals surface area (Å²) >= 11 is 0. The third-order valence-electron chi connectivity index (χ3n) is 7.25. The fraction of sp³-hybridized carbons (Fsp3) is 0.500. The lowest BCUT2D eigenvalue weighted by molar-refractivity contribution is -0.0506. The first-order chi connectivity index (χ1) is 18.5. The van der Waals surface area contributed by atoms with E-state index >= 15 is 0 Å². The summed E-state index contributed by atoms with van der Waals surface area (Å²) in [6.07, 6.45) is 8.14. The van der Waals surface area contributed by atoms with Gasteiger partial charge in [0.15, 0.2) is 5.82 Å². The second-order valence-electron chi connectivity index (χ2n) is 10.9. The number of carbonyl (C=O) groups excluding carboxylic acids is 1. The van der Waals surface area contributed by atoms with Gasteiger partial charge in [0, 0.05) is 43.5 Å². The first-order valence-corrected chi connectivity index (χ1v) is 14.6. The molecule has 13 heteroatoms. The standard InChI is InChI=1S/C26H34N8O4S/c1-5-16(2)30-21-10-23(28-12-20(21)25(35)33-14-18(15-33)26(3,4)36)31-22-8-9-27-24(32-22)17-11-29-34(13-17)39(37,38)19-6-7-19/h8-13,16,18-19,36H,5-7,14-15H2,1-4H3,(H2,27,28,30,31,32)/t16-/m0/s1. The minimum atomic E-state index is -3.48. The van der Waals surface area contributed by atoms with Crippen LogP contribution in [0.25, 0.3) is 11.4 Å². The number of nitrogens with one attached hydrogen (secondary N) is 2. The number of aliphatic hydroxyl groups is 1. The highest BCUT2D eigenvalue weighted by Crippen LogP contribution is 2.32. The summed E-state index contributed by atoms with van der Waals surface area (Å²) in [6, 6.07) is 3.57. The number of amides is 1. The molecule has 3 aromatic heterocycles. The smallest absolute Gasteiger partial charge is 0.257 e. The molecule has 3 N–H and O–H groups in total. The highest BCUT2D eigenvalue weighted by atomic mass is 32.2. The van der Waals surface area contributed by atoms with E-state index in [0.717, 1.165) is 10.5 Å². The summed E-state index contributed by atoms with van der Waals surface area (Å²) < 4.78 is 25.9. The van der Waals surface area contributed by atoms with E-state index in [1.807, 2.05) is 6.92 Å². The van der Waals surface area contributed by atoms with Crippen molar-refractivity contribution in [1.29, 1.82) is 0 Å². The van der Waals surface area contributed by atoms with Crippen LogP contribution in [0.5, 0.6) is 0 Å². The molecule has 208 valence electrons. The predicted molar refractivity (Wildman–Crippen MR) is 147 cm³/mol. The third kappa shape index (κ3) is 5.74. The zero-order valence-electron chi connectivity index (χ0n) is 22.5. The van der Waals surface area contributed by atoms with Gasteiger partial charge in [0.25, 0.3) is 15.9 Å². The zero-order valence-corrected chi connectivity index (χ0v) is 23.3. The summed E-state index contributed by atoms with van der Waals surface area (Å²) in [6.45, 7) is 8.61. The molecule has 39 heavy (non-hydrogen) atoms. The molecule has 1 saturated carbocycles. The Kier molecular flexibility index (Phi) is 7.06. The van der Waals surface area contributed by atoms with Gasteiger partial charge in [-0.2, -0.15) is 9.19 Å². The van der Waals surface area contributed by atoms with Crippen molar-refractivity contribution in [2.45, 2.75) is 63.9 Å². The highest BCUT2D eigenvalue weighted by Gasteiger charge is 2.40. The number of pyridine rings is 1. The summed E-state index contributed by atoms with van der Waals surface area (Å²) in [4.78, 5) is 28.2. The maximum Gasteiger partial charge on any atom is 0.257 e. The number of carbonyl (C=O) groups is 1. The normalized spacial score (nSPS) is 17.0. The molecular weight excluding hydrogens is 520 g/mol. The lowest BCUT2D eigenvalue weighted by Crippen LogP contribution is -2.57. The molecule has 12 nitrogen and oxygen atoms in total. The molecule has 1 aliphatic heterocycles. The number of hydrogen-bond acceptors (Lipinski definition) is 10. The van der Waals surface area contributed by atoms with E-state index in [9.17, 15) is 18.3 Å². The molecule has 3 aromatic rings. The van der Waals surface area contributed by atoms with Gasteiger partial charge in [0.1, 0.15) is 11.6 Å². The van der Waals surface area contributed by atoms with Crippen LogP contribution in [0.1, 0.15) is 57.3 Å². The molecule has 0 bridgehead atoms. The van der Waals surface area contributed by atoms with Gasteiger partial charge in [-0.25, -0.2) is 23.4 Å². The Balaban J connectivity index is 1.35. The van der Waals surface area contributed by atoms with Crippen LogP contribution in [-0.2, 0) is 10.0 Å². The van der Waals surface area contributed by atoms with Crippen molar-refractivity contribution in [1.82, 2.24) is 29.0 Å². The Labute approximate surface area is 227 Å². The Morgan fingerprint density at radius 3 is 2.62 bits per heavy atom. The molecule has 5 rings (SSSR count). The van der Waals surface area contributed by atoms with Crippen LogP contribution >= 0.6 is 0 Å². The Bertz CT molecular complexity index is 1470. The van der Waals surface area contributed by atoms with E-state index in [0.29, 0.717) is 60.2 Å². The second kappa shape index (κ2) is 10.2. The minimum Gasteiger partial charge on any atom is -0.390 e.